The van der Waals surface area contributed by atoms with Gasteiger partial charge < -0.3 is 14.2 Å². The first-order valence-corrected chi connectivity index (χ1v) is 7.82. The summed E-state index contributed by atoms with van der Waals surface area (Å²) in [5.41, 5.74) is -0.528. The van der Waals surface area contributed by atoms with Crippen LogP contribution in [0.1, 0.15) is 24.8 Å². The predicted octanol–water partition coefficient (Wildman–Crippen LogP) is 3.45. The Hall–Kier alpha value is -2.33. The van der Waals surface area contributed by atoms with Crippen molar-refractivity contribution < 1.29 is 19.0 Å². The molecule has 4 rings (SSSR count). The summed E-state index contributed by atoms with van der Waals surface area (Å²) in [5, 5.41) is 0. The van der Waals surface area contributed by atoms with Crippen LogP contribution in [0.15, 0.2) is 54.6 Å². The van der Waals surface area contributed by atoms with Crippen molar-refractivity contribution in [3.63, 3.8) is 0 Å². The molecule has 1 heterocycles. The van der Waals surface area contributed by atoms with Gasteiger partial charge in [-0.05, 0) is 49.1 Å². The second-order valence-corrected chi connectivity index (χ2v) is 6.06. The Morgan fingerprint density at radius 1 is 1.00 bits per heavy atom. The molecule has 1 saturated carbocycles. The monoisotopic (exact) mass is 310 g/mol. The van der Waals surface area contributed by atoms with Crippen molar-refractivity contribution in [3.8, 4) is 11.5 Å². The number of epoxide rings is 1. The maximum atomic E-state index is 12.9. The lowest BCUT2D eigenvalue weighted by molar-refractivity contribution is -0.141. The maximum Gasteiger partial charge on any atom is 0.351 e. The van der Waals surface area contributed by atoms with Crippen LogP contribution in [0.3, 0.4) is 0 Å². The van der Waals surface area contributed by atoms with Crippen molar-refractivity contribution in [3.05, 3.63) is 60.2 Å². The van der Waals surface area contributed by atoms with Gasteiger partial charge in [-0.1, -0.05) is 30.3 Å². The van der Waals surface area contributed by atoms with Crippen LogP contribution < -0.4 is 9.47 Å². The number of ether oxygens (including phenoxy) is 3. The lowest BCUT2D eigenvalue weighted by atomic mass is 9.73. The molecular formula is C19H18O4. The molecule has 1 spiro atoms. The van der Waals surface area contributed by atoms with E-state index in [2.05, 4.69) is 0 Å². The van der Waals surface area contributed by atoms with E-state index in [4.69, 9.17) is 14.2 Å². The van der Waals surface area contributed by atoms with Gasteiger partial charge in [0, 0.05) is 0 Å². The van der Waals surface area contributed by atoms with Crippen molar-refractivity contribution in [2.75, 3.05) is 7.11 Å². The molecule has 0 amide bonds. The highest BCUT2D eigenvalue weighted by atomic mass is 16.7. The average molecular weight is 310 g/mol. The van der Waals surface area contributed by atoms with Gasteiger partial charge in [-0.25, -0.2) is 4.79 Å². The van der Waals surface area contributed by atoms with Crippen molar-refractivity contribution in [1.29, 1.82) is 0 Å². The summed E-state index contributed by atoms with van der Waals surface area (Å²) < 4.78 is 16.8. The van der Waals surface area contributed by atoms with Gasteiger partial charge in [-0.2, -0.15) is 0 Å². The number of benzene rings is 2. The lowest BCUT2D eigenvalue weighted by Crippen LogP contribution is -2.39. The Morgan fingerprint density at radius 3 is 2.22 bits per heavy atom. The lowest BCUT2D eigenvalue weighted by Gasteiger charge is -2.26. The molecule has 23 heavy (non-hydrogen) atoms. The fourth-order valence-corrected chi connectivity index (χ4v) is 3.38. The van der Waals surface area contributed by atoms with Gasteiger partial charge in [0.25, 0.3) is 0 Å². The number of rotatable bonds is 4. The number of methoxy groups -OCH3 is 1. The topological polar surface area (TPSA) is 48.1 Å². The van der Waals surface area contributed by atoms with E-state index in [9.17, 15) is 4.79 Å². The third-order valence-electron chi connectivity index (χ3n) is 4.85. The summed E-state index contributed by atoms with van der Waals surface area (Å²) in [7, 11) is 1.62. The second-order valence-electron chi connectivity index (χ2n) is 6.06. The molecule has 4 heteroatoms. The molecule has 0 bridgehead atoms. The normalized spacial score (nSPS) is 23.9. The molecule has 2 aliphatic rings. The zero-order valence-electron chi connectivity index (χ0n) is 13.0. The van der Waals surface area contributed by atoms with E-state index in [1.807, 2.05) is 42.5 Å². The molecule has 1 atom stereocenters. The van der Waals surface area contributed by atoms with E-state index < -0.39 is 5.60 Å². The van der Waals surface area contributed by atoms with Crippen LogP contribution in [0, 0.1) is 0 Å². The van der Waals surface area contributed by atoms with Crippen LogP contribution in [0.5, 0.6) is 11.5 Å². The van der Waals surface area contributed by atoms with Crippen molar-refractivity contribution >= 4 is 5.97 Å². The highest BCUT2D eigenvalue weighted by Gasteiger charge is 2.78. The van der Waals surface area contributed by atoms with Gasteiger partial charge in [-0.15, -0.1) is 0 Å². The minimum Gasteiger partial charge on any atom is -0.497 e. The average Bonchev–Trinajstić information content (AvgIpc) is 3.28. The molecule has 1 aliphatic heterocycles. The molecule has 0 aromatic heterocycles. The smallest absolute Gasteiger partial charge is 0.351 e. The molecule has 1 unspecified atom stereocenters. The standard InChI is InChI=1S/C19H18O4/c1-21-15-10-8-14(9-11-15)19(18(23-19)12-5-13-18)17(20)22-16-6-3-2-4-7-16/h2-4,6-11H,5,12-13H2,1H3. The third-order valence-corrected chi connectivity index (χ3v) is 4.85. The summed E-state index contributed by atoms with van der Waals surface area (Å²) in [4.78, 5) is 12.9. The van der Waals surface area contributed by atoms with E-state index >= 15 is 0 Å². The fraction of sp³-hybridized carbons (Fsp3) is 0.316. The summed E-state index contributed by atoms with van der Waals surface area (Å²) in [6.45, 7) is 0. The molecule has 2 fully saturated rings. The van der Waals surface area contributed by atoms with Crippen LogP contribution >= 0.6 is 0 Å². The molecule has 2 aromatic rings. The highest BCUT2D eigenvalue weighted by Crippen LogP contribution is 2.66. The Morgan fingerprint density at radius 2 is 1.70 bits per heavy atom. The number of para-hydroxylation sites is 1. The molecule has 118 valence electrons. The van der Waals surface area contributed by atoms with E-state index in [1.54, 1.807) is 19.2 Å². The maximum absolute atomic E-state index is 12.9. The highest BCUT2D eigenvalue weighted by molar-refractivity contribution is 5.88. The van der Waals surface area contributed by atoms with E-state index in [0.29, 0.717) is 5.75 Å². The Kier molecular flexibility index (Phi) is 3.16. The number of carbonyl (C=O) groups is 1. The van der Waals surface area contributed by atoms with Gasteiger partial charge in [0.05, 0.1) is 7.11 Å². The van der Waals surface area contributed by atoms with Gasteiger partial charge in [0.15, 0.2) is 0 Å². The predicted molar refractivity (Wildman–Crippen MR) is 84.4 cm³/mol. The number of hydrogen-bond donors (Lipinski definition) is 0. The minimum absolute atomic E-state index is 0.339. The van der Waals surface area contributed by atoms with E-state index in [-0.39, 0.29) is 11.6 Å². The molecule has 1 saturated heterocycles. The number of esters is 1. The zero-order chi connectivity index (χ0) is 15.9. The van der Waals surface area contributed by atoms with Crippen LogP contribution in [0.4, 0.5) is 0 Å². The quantitative estimate of drug-likeness (QED) is 0.493. The number of hydrogen-bond acceptors (Lipinski definition) is 4. The molecule has 2 aromatic carbocycles. The van der Waals surface area contributed by atoms with Crippen molar-refractivity contribution in [1.82, 2.24) is 0 Å². The fourth-order valence-electron chi connectivity index (χ4n) is 3.38. The first-order valence-electron chi connectivity index (χ1n) is 7.82. The van der Waals surface area contributed by atoms with Gasteiger partial charge in [0.2, 0.25) is 5.60 Å². The van der Waals surface area contributed by atoms with Crippen LogP contribution in [0.2, 0.25) is 0 Å². The van der Waals surface area contributed by atoms with Gasteiger partial charge in [-0.3, -0.25) is 0 Å². The number of carbonyl (C=O) groups excluding carboxylic acids is 1. The Labute approximate surface area is 135 Å². The Bertz CT molecular complexity index is 719. The minimum atomic E-state index is -0.979. The summed E-state index contributed by atoms with van der Waals surface area (Å²) in [6.07, 6.45) is 2.86. The molecular weight excluding hydrogens is 292 g/mol. The van der Waals surface area contributed by atoms with E-state index in [1.165, 1.54) is 0 Å². The second kappa shape index (κ2) is 5.10. The SMILES string of the molecule is COc1ccc(C2(C(=O)Oc3ccccc3)OC23CCC3)cc1. The van der Waals surface area contributed by atoms with Gasteiger partial charge >= 0.3 is 5.97 Å². The summed E-state index contributed by atoms with van der Waals surface area (Å²) in [6, 6.07) is 16.6. The zero-order valence-corrected chi connectivity index (χ0v) is 13.0. The molecule has 1 aliphatic carbocycles. The molecule has 0 N–H and O–H groups in total. The van der Waals surface area contributed by atoms with Gasteiger partial charge in [0.1, 0.15) is 17.1 Å². The molecule has 0 radical (unpaired) electrons. The molecule has 4 nitrogen and oxygen atoms in total. The third kappa shape index (κ3) is 2.05. The van der Waals surface area contributed by atoms with Crippen molar-refractivity contribution in [2.45, 2.75) is 30.5 Å². The first-order chi connectivity index (χ1) is 11.2. The first kappa shape index (κ1) is 14.3. The summed E-state index contributed by atoms with van der Waals surface area (Å²) in [5.74, 6) is 0.951. The van der Waals surface area contributed by atoms with Crippen LogP contribution in [0.25, 0.3) is 0 Å². The summed E-state index contributed by atoms with van der Waals surface area (Å²) >= 11 is 0. The largest absolute Gasteiger partial charge is 0.497 e. The van der Waals surface area contributed by atoms with Crippen LogP contribution in [-0.2, 0) is 15.1 Å². The Balaban J connectivity index is 1.66. The van der Waals surface area contributed by atoms with E-state index in [0.717, 1.165) is 30.6 Å². The van der Waals surface area contributed by atoms with Crippen LogP contribution in [-0.4, -0.2) is 18.7 Å². The van der Waals surface area contributed by atoms with Crippen molar-refractivity contribution in [2.24, 2.45) is 0 Å².